The van der Waals surface area contributed by atoms with Crippen molar-refractivity contribution in [3.05, 3.63) is 98.2 Å². The van der Waals surface area contributed by atoms with Gasteiger partial charge in [0.1, 0.15) is 18.2 Å². The molecule has 2 amide bonds. The summed E-state index contributed by atoms with van der Waals surface area (Å²) in [7, 11) is 0. The van der Waals surface area contributed by atoms with Gasteiger partial charge < -0.3 is 10.1 Å². The van der Waals surface area contributed by atoms with Gasteiger partial charge in [0.15, 0.2) is 0 Å². The first kappa shape index (κ1) is 24.4. The van der Waals surface area contributed by atoms with Gasteiger partial charge in [0.05, 0.1) is 15.7 Å². The molecule has 3 aromatic rings. The van der Waals surface area contributed by atoms with Crippen molar-refractivity contribution in [1.82, 2.24) is 10.7 Å². The molecule has 0 heterocycles. The molecule has 6 nitrogen and oxygen atoms in total. The lowest BCUT2D eigenvalue weighted by Gasteiger charge is -2.10. The number of benzene rings is 3. The van der Waals surface area contributed by atoms with Crippen molar-refractivity contribution in [2.24, 2.45) is 5.10 Å². The number of hydrogen-bond donors (Lipinski definition) is 2. The highest BCUT2D eigenvalue weighted by molar-refractivity contribution is 9.10. The summed E-state index contributed by atoms with van der Waals surface area (Å²) in [5.41, 5.74) is 5.08. The Kier molecular flexibility index (Phi) is 8.57. The average molecular weight is 533 g/mol. The van der Waals surface area contributed by atoms with Crippen LogP contribution in [0.2, 0.25) is 5.02 Å². The summed E-state index contributed by atoms with van der Waals surface area (Å²) < 4.78 is 20.1. The molecule has 0 aromatic heterocycles. The Hall–Kier alpha value is -3.23. The molecule has 33 heavy (non-hydrogen) atoms. The van der Waals surface area contributed by atoms with Crippen LogP contribution >= 0.6 is 27.5 Å². The maximum absolute atomic E-state index is 13.9. The van der Waals surface area contributed by atoms with Crippen LogP contribution in [-0.4, -0.2) is 18.0 Å². The van der Waals surface area contributed by atoms with Crippen LogP contribution in [0, 0.1) is 12.7 Å². The zero-order valence-electron chi connectivity index (χ0n) is 17.6. The van der Waals surface area contributed by atoms with E-state index in [1.165, 1.54) is 18.3 Å². The predicted octanol–water partition coefficient (Wildman–Crippen LogP) is 4.90. The molecule has 0 bridgehead atoms. The average Bonchev–Trinajstić information content (AvgIpc) is 2.79. The lowest BCUT2D eigenvalue weighted by molar-refractivity contribution is -0.139. The number of carbonyl (C=O) groups excluding carboxylic acids is 2. The number of amides is 2. The summed E-state index contributed by atoms with van der Waals surface area (Å²) in [6.07, 6.45) is 1.38. The van der Waals surface area contributed by atoms with Crippen molar-refractivity contribution in [3.63, 3.8) is 0 Å². The Morgan fingerprint density at radius 1 is 1.12 bits per heavy atom. The number of aryl methyl sites for hydroxylation is 1. The largest absolute Gasteiger partial charge is 0.488 e. The number of nitrogens with zero attached hydrogens (tertiary/aromatic N) is 1. The zero-order valence-corrected chi connectivity index (χ0v) is 19.9. The summed E-state index contributed by atoms with van der Waals surface area (Å²) in [6.45, 7) is 2.17. The molecule has 0 atom stereocenters. The third-order valence-electron chi connectivity index (χ3n) is 4.55. The Bertz CT molecular complexity index is 1170. The van der Waals surface area contributed by atoms with E-state index in [0.29, 0.717) is 15.8 Å². The number of hydrogen-bond acceptors (Lipinski definition) is 4. The highest BCUT2D eigenvalue weighted by Gasteiger charge is 2.12. The molecule has 0 aliphatic carbocycles. The molecular weight excluding hydrogens is 513 g/mol. The van der Waals surface area contributed by atoms with Gasteiger partial charge in [-0.05, 0) is 64.3 Å². The first-order valence-electron chi connectivity index (χ1n) is 9.85. The number of ether oxygens (including phenoxy) is 1. The van der Waals surface area contributed by atoms with E-state index >= 15 is 0 Å². The van der Waals surface area contributed by atoms with Gasteiger partial charge in [-0.15, -0.1) is 0 Å². The molecule has 3 rings (SSSR count). The van der Waals surface area contributed by atoms with E-state index in [4.69, 9.17) is 16.3 Å². The molecule has 0 unspecified atom stereocenters. The molecule has 2 N–H and O–H groups in total. The van der Waals surface area contributed by atoms with Crippen LogP contribution in [-0.2, 0) is 22.7 Å². The summed E-state index contributed by atoms with van der Waals surface area (Å²) in [5, 5.41) is 6.62. The van der Waals surface area contributed by atoms with Crippen molar-refractivity contribution < 1.29 is 18.7 Å². The third-order valence-corrected chi connectivity index (χ3v) is 5.52. The zero-order chi connectivity index (χ0) is 23.8. The van der Waals surface area contributed by atoms with Gasteiger partial charge in [-0.1, -0.05) is 47.5 Å². The van der Waals surface area contributed by atoms with E-state index in [0.717, 1.165) is 11.1 Å². The lowest BCUT2D eigenvalue weighted by Crippen LogP contribution is -2.37. The van der Waals surface area contributed by atoms with E-state index in [9.17, 15) is 14.0 Å². The summed E-state index contributed by atoms with van der Waals surface area (Å²) >= 11 is 9.39. The highest BCUT2D eigenvalue weighted by atomic mass is 79.9. The molecular formula is C24H20BrClFN3O3. The Labute approximate surface area is 203 Å². The second-order valence-corrected chi connectivity index (χ2v) is 8.31. The molecule has 0 spiro atoms. The molecule has 3 aromatic carbocycles. The van der Waals surface area contributed by atoms with Crippen LogP contribution in [0.3, 0.4) is 0 Å². The second-order valence-electron chi connectivity index (χ2n) is 7.05. The van der Waals surface area contributed by atoms with Crippen LogP contribution in [0.4, 0.5) is 4.39 Å². The SMILES string of the molecule is Cc1ccc(CNC(=O)C(=O)N/N=C\c2ccc(OCc3c(F)cccc3Cl)c(Br)c2)cc1. The summed E-state index contributed by atoms with van der Waals surface area (Å²) in [5.74, 6) is -1.63. The van der Waals surface area contributed by atoms with Crippen molar-refractivity contribution >= 4 is 45.6 Å². The third kappa shape index (κ3) is 7.13. The number of hydrazone groups is 1. The fourth-order valence-corrected chi connectivity index (χ4v) is 3.45. The van der Waals surface area contributed by atoms with E-state index in [1.54, 1.807) is 24.3 Å². The van der Waals surface area contributed by atoms with E-state index in [-0.39, 0.29) is 23.7 Å². The lowest BCUT2D eigenvalue weighted by atomic mass is 10.1. The maximum Gasteiger partial charge on any atom is 0.329 e. The Morgan fingerprint density at radius 2 is 1.88 bits per heavy atom. The number of carbonyl (C=O) groups is 2. The fourth-order valence-electron chi connectivity index (χ4n) is 2.72. The van der Waals surface area contributed by atoms with Gasteiger partial charge in [0, 0.05) is 12.1 Å². The van der Waals surface area contributed by atoms with E-state index in [1.807, 2.05) is 31.2 Å². The first-order valence-corrected chi connectivity index (χ1v) is 11.0. The molecule has 0 saturated carbocycles. The smallest absolute Gasteiger partial charge is 0.329 e. The van der Waals surface area contributed by atoms with Gasteiger partial charge >= 0.3 is 11.8 Å². The number of nitrogens with one attached hydrogen (secondary N) is 2. The minimum absolute atomic E-state index is 0.0364. The monoisotopic (exact) mass is 531 g/mol. The fraction of sp³-hybridized carbons (Fsp3) is 0.125. The van der Waals surface area contributed by atoms with Crippen LogP contribution in [0.1, 0.15) is 22.3 Å². The minimum atomic E-state index is -0.876. The van der Waals surface area contributed by atoms with Gasteiger partial charge in [0.2, 0.25) is 0 Å². The standard InChI is InChI=1S/C24H20BrClFN3O3/c1-15-5-7-16(8-6-15)12-28-23(31)24(32)30-29-13-17-9-10-22(19(25)11-17)33-14-18-20(26)3-2-4-21(18)27/h2-11,13H,12,14H2,1H3,(H,28,31)(H,30,32)/b29-13-. The maximum atomic E-state index is 13.9. The Morgan fingerprint density at radius 3 is 2.58 bits per heavy atom. The second kappa shape index (κ2) is 11.6. The van der Waals surface area contributed by atoms with Crippen LogP contribution in [0.25, 0.3) is 0 Å². The first-order chi connectivity index (χ1) is 15.8. The van der Waals surface area contributed by atoms with Gasteiger partial charge in [-0.2, -0.15) is 5.10 Å². The van der Waals surface area contributed by atoms with Crippen LogP contribution in [0.5, 0.6) is 5.75 Å². The van der Waals surface area contributed by atoms with Crippen LogP contribution in [0.15, 0.2) is 70.2 Å². The van der Waals surface area contributed by atoms with Gasteiger partial charge in [0.25, 0.3) is 0 Å². The van der Waals surface area contributed by atoms with Crippen molar-refractivity contribution in [2.75, 3.05) is 0 Å². The molecule has 0 saturated heterocycles. The molecule has 0 aliphatic rings. The highest BCUT2D eigenvalue weighted by Crippen LogP contribution is 2.28. The minimum Gasteiger partial charge on any atom is -0.488 e. The molecule has 0 fully saturated rings. The van der Waals surface area contributed by atoms with Crippen molar-refractivity contribution in [1.29, 1.82) is 0 Å². The normalized spacial score (nSPS) is 10.8. The van der Waals surface area contributed by atoms with E-state index in [2.05, 4.69) is 31.8 Å². The molecule has 170 valence electrons. The quantitative estimate of drug-likeness (QED) is 0.258. The predicted molar refractivity (Wildman–Crippen MR) is 129 cm³/mol. The van der Waals surface area contributed by atoms with E-state index < -0.39 is 17.6 Å². The van der Waals surface area contributed by atoms with Gasteiger partial charge in [-0.3, -0.25) is 9.59 Å². The molecule has 0 radical (unpaired) electrons. The molecule has 0 aliphatic heterocycles. The molecule has 9 heteroatoms. The number of rotatable bonds is 7. The summed E-state index contributed by atoms with van der Waals surface area (Å²) in [6, 6.07) is 17.1. The van der Waals surface area contributed by atoms with Gasteiger partial charge in [-0.25, -0.2) is 9.82 Å². The Balaban J connectivity index is 1.50. The van der Waals surface area contributed by atoms with Crippen LogP contribution < -0.4 is 15.5 Å². The topological polar surface area (TPSA) is 79.8 Å². The summed E-state index contributed by atoms with van der Waals surface area (Å²) in [4.78, 5) is 23.8. The number of halogens is 3. The van der Waals surface area contributed by atoms with Crippen molar-refractivity contribution in [3.8, 4) is 5.75 Å². The van der Waals surface area contributed by atoms with Crippen molar-refractivity contribution in [2.45, 2.75) is 20.1 Å².